The van der Waals surface area contributed by atoms with Crippen molar-refractivity contribution in [3.8, 4) is 5.75 Å². The molecule has 0 radical (unpaired) electrons. The van der Waals surface area contributed by atoms with E-state index in [0.29, 0.717) is 23.0 Å². The maximum absolute atomic E-state index is 12.1. The Balaban J connectivity index is 2.38. The van der Waals surface area contributed by atoms with Gasteiger partial charge in [0.2, 0.25) is 0 Å². The predicted molar refractivity (Wildman–Crippen MR) is 83.8 cm³/mol. The van der Waals surface area contributed by atoms with Gasteiger partial charge in [-0.15, -0.1) is 0 Å². The Kier molecular flexibility index (Phi) is 4.78. The molecule has 1 saturated heterocycles. The van der Waals surface area contributed by atoms with Crippen LogP contribution >= 0.6 is 39.3 Å². The molecule has 1 heterocycles. The van der Waals surface area contributed by atoms with Gasteiger partial charge in [0.25, 0.3) is 11.1 Å². The zero-order valence-electron chi connectivity index (χ0n) is 10.5. The Morgan fingerprint density at radius 3 is 2.80 bits per heavy atom. The number of imide groups is 1. The van der Waals surface area contributed by atoms with Crippen molar-refractivity contribution >= 4 is 56.5 Å². The van der Waals surface area contributed by atoms with Crippen molar-refractivity contribution in [1.82, 2.24) is 4.90 Å². The minimum Gasteiger partial charge on any atom is -0.506 e. The highest BCUT2D eigenvalue weighted by atomic mass is 79.9. The molecule has 7 heteroatoms. The van der Waals surface area contributed by atoms with E-state index in [9.17, 15) is 14.7 Å². The van der Waals surface area contributed by atoms with Crippen LogP contribution in [0.5, 0.6) is 5.75 Å². The zero-order valence-corrected chi connectivity index (χ0v) is 13.7. The van der Waals surface area contributed by atoms with E-state index in [4.69, 9.17) is 11.6 Å². The van der Waals surface area contributed by atoms with Crippen LogP contribution in [0.3, 0.4) is 0 Å². The lowest BCUT2D eigenvalue weighted by molar-refractivity contribution is -0.122. The number of aromatic hydroxyl groups is 1. The maximum atomic E-state index is 12.1. The predicted octanol–water partition coefficient (Wildman–Crippen LogP) is 4.25. The molecule has 1 N–H and O–H groups in total. The quantitative estimate of drug-likeness (QED) is 0.801. The van der Waals surface area contributed by atoms with E-state index >= 15 is 0 Å². The second kappa shape index (κ2) is 6.20. The van der Waals surface area contributed by atoms with Gasteiger partial charge in [0.05, 0.1) is 9.93 Å². The fourth-order valence-corrected chi connectivity index (χ4v) is 3.44. The summed E-state index contributed by atoms with van der Waals surface area (Å²) >= 11 is 10.0. The van der Waals surface area contributed by atoms with Gasteiger partial charge in [-0.1, -0.05) is 34.5 Å². The Morgan fingerprint density at radius 1 is 1.45 bits per heavy atom. The van der Waals surface area contributed by atoms with E-state index in [1.807, 2.05) is 6.92 Å². The number of halogens is 2. The molecule has 0 saturated carbocycles. The molecule has 4 nitrogen and oxygen atoms in total. The van der Waals surface area contributed by atoms with E-state index in [-0.39, 0.29) is 26.8 Å². The monoisotopic (exact) mass is 375 g/mol. The third-order valence-electron chi connectivity index (χ3n) is 2.67. The van der Waals surface area contributed by atoms with Crippen LogP contribution in [0.4, 0.5) is 4.79 Å². The lowest BCUT2D eigenvalue weighted by atomic mass is 10.2. The average molecular weight is 377 g/mol. The normalized spacial score (nSPS) is 17.4. The van der Waals surface area contributed by atoms with Crippen LogP contribution in [0.15, 0.2) is 21.5 Å². The van der Waals surface area contributed by atoms with Crippen molar-refractivity contribution in [3.63, 3.8) is 0 Å². The minimum absolute atomic E-state index is 0.114. The van der Waals surface area contributed by atoms with E-state index in [0.717, 1.165) is 11.8 Å². The fraction of sp³-hybridized carbons (Fsp3) is 0.231. The van der Waals surface area contributed by atoms with E-state index in [1.165, 1.54) is 11.0 Å². The van der Waals surface area contributed by atoms with Gasteiger partial charge >= 0.3 is 0 Å². The number of hydrogen-bond donors (Lipinski definition) is 1. The lowest BCUT2D eigenvalue weighted by Gasteiger charge is -2.09. The van der Waals surface area contributed by atoms with Crippen LogP contribution in [-0.4, -0.2) is 27.7 Å². The van der Waals surface area contributed by atoms with E-state index in [1.54, 1.807) is 12.1 Å². The molecule has 0 spiro atoms. The standard InChI is InChI=1S/C13H11BrClNO3S/c1-2-3-16-12(18)10(20-13(16)19)5-7-4-8(14)6-9(15)11(7)17/h4-6,17H,2-3H2,1H3/b10-5-. The summed E-state index contributed by atoms with van der Waals surface area (Å²) in [6.45, 7) is 2.29. The van der Waals surface area contributed by atoms with E-state index in [2.05, 4.69) is 15.9 Å². The van der Waals surface area contributed by atoms with Crippen molar-refractivity contribution in [2.75, 3.05) is 6.54 Å². The van der Waals surface area contributed by atoms with Crippen LogP contribution in [0.25, 0.3) is 6.08 Å². The molecular weight excluding hydrogens is 366 g/mol. The Bertz CT molecular complexity index is 618. The Hall–Kier alpha value is -0.980. The van der Waals surface area contributed by atoms with Crippen LogP contribution in [0.1, 0.15) is 18.9 Å². The van der Waals surface area contributed by atoms with Crippen molar-refractivity contribution in [2.45, 2.75) is 13.3 Å². The van der Waals surface area contributed by atoms with Gasteiger partial charge in [-0.3, -0.25) is 14.5 Å². The van der Waals surface area contributed by atoms with Crippen LogP contribution < -0.4 is 0 Å². The highest BCUT2D eigenvalue weighted by Gasteiger charge is 2.34. The van der Waals surface area contributed by atoms with E-state index < -0.39 is 0 Å². The molecule has 1 aliphatic rings. The Morgan fingerprint density at radius 2 is 2.15 bits per heavy atom. The molecule has 0 aliphatic carbocycles. The molecular formula is C13H11BrClNO3S. The average Bonchev–Trinajstić information content (AvgIpc) is 2.63. The summed E-state index contributed by atoms with van der Waals surface area (Å²) in [6.07, 6.45) is 2.19. The summed E-state index contributed by atoms with van der Waals surface area (Å²) in [5.74, 6) is -0.450. The number of thioether (sulfide) groups is 1. The van der Waals surface area contributed by atoms with Crippen LogP contribution in [-0.2, 0) is 4.79 Å². The smallest absolute Gasteiger partial charge is 0.293 e. The number of phenols is 1. The molecule has 2 amide bonds. The first-order valence-electron chi connectivity index (χ1n) is 5.87. The number of carbonyl (C=O) groups is 2. The molecule has 1 aromatic rings. The third kappa shape index (κ3) is 3.02. The molecule has 1 aromatic carbocycles. The van der Waals surface area contributed by atoms with Gasteiger partial charge in [-0.25, -0.2) is 0 Å². The van der Waals surface area contributed by atoms with Crippen molar-refractivity contribution in [3.05, 3.63) is 32.1 Å². The zero-order chi connectivity index (χ0) is 14.9. The second-order valence-corrected chi connectivity index (χ2v) is 6.47. The number of hydrogen-bond acceptors (Lipinski definition) is 4. The molecule has 20 heavy (non-hydrogen) atoms. The van der Waals surface area contributed by atoms with Gasteiger partial charge in [0.1, 0.15) is 5.75 Å². The molecule has 0 bridgehead atoms. The third-order valence-corrected chi connectivity index (χ3v) is 4.32. The fourth-order valence-electron chi connectivity index (χ4n) is 1.75. The van der Waals surface area contributed by atoms with Crippen LogP contribution in [0, 0.1) is 0 Å². The number of amides is 2. The van der Waals surface area contributed by atoms with Crippen molar-refractivity contribution in [2.24, 2.45) is 0 Å². The summed E-state index contributed by atoms with van der Waals surface area (Å²) in [6, 6.07) is 3.19. The summed E-state index contributed by atoms with van der Waals surface area (Å²) in [5, 5.41) is 9.78. The van der Waals surface area contributed by atoms with Crippen molar-refractivity contribution < 1.29 is 14.7 Å². The van der Waals surface area contributed by atoms with Gasteiger partial charge < -0.3 is 5.11 Å². The van der Waals surface area contributed by atoms with Gasteiger partial charge in [-0.05, 0) is 36.4 Å². The molecule has 106 valence electrons. The minimum atomic E-state index is -0.336. The summed E-state index contributed by atoms with van der Waals surface area (Å²) in [5.41, 5.74) is 0.395. The second-order valence-electron chi connectivity index (χ2n) is 4.16. The number of phenolic OH excluding ortho intramolecular Hbond substituents is 1. The van der Waals surface area contributed by atoms with Gasteiger partial charge in [-0.2, -0.15) is 0 Å². The first kappa shape index (κ1) is 15.4. The molecule has 0 atom stereocenters. The SMILES string of the molecule is CCCN1C(=O)S/C(=C\c2cc(Br)cc(Cl)c2O)C1=O. The van der Waals surface area contributed by atoms with Crippen molar-refractivity contribution in [1.29, 1.82) is 0 Å². The highest BCUT2D eigenvalue weighted by molar-refractivity contribution is 9.10. The largest absolute Gasteiger partial charge is 0.506 e. The molecule has 1 aliphatic heterocycles. The van der Waals surface area contributed by atoms with Gasteiger partial charge in [0.15, 0.2) is 0 Å². The molecule has 2 rings (SSSR count). The first-order chi connectivity index (χ1) is 9.43. The molecule has 1 fully saturated rings. The molecule has 0 unspecified atom stereocenters. The lowest BCUT2D eigenvalue weighted by Crippen LogP contribution is -2.28. The number of benzene rings is 1. The summed E-state index contributed by atoms with van der Waals surface area (Å²) in [4.78, 5) is 25.3. The summed E-state index contributed by atoms with van der Waals surface area (Å²) < 4.78 is 0.680. The van der Waals surface area contributed by atoms with Gasteiger partial charge in [0, 0.05) is 16.6 Å². The topological polar surface area (TPSA) is 57.6 Å². The van der Waals surface area contributed by atoms with Crippen LogP contribution in [0.2, 0.25) is 5.02 Å². The maximum Gasteiger partial charge on any atom is 0.293 e. The first-order valence-corrected chi connectivity index (χ1v) is 7.86. The number of nitrogens with zero attached hydrogens (tertiary/aromatic N) is 1. The Labute approximate surface area is 133 Å². The highest BCUT2D eigenvalue weighted by Crippen LogP contribution is 2.37. The number of rotatable bonds is 3. The summed E-state index contributed by atoms with van der Waals surface area (Å²) in [7, 11) is 0. The molecule has 0 aromatic heterocycles. The number of carbonyl (C=O) groups excluding carboxylic acids is 2.